The number of esters is 2. The molecule has 1 saturated heterocycles. The lowest BCUT2D eigenvalue weighted by atomic mass is 9.96. The largest absolute Gasteiger partial charge is 0.479 e. The summed E-state index contributed by atoms with van der Waals surface area (Å²) in [4.78, 5) is 39.1. The minimum atomic E-state index is -4.46. The number of fused-ring (bicyclic) bond motifs is 1. The zero-order valence-electron chi connectivity index (χ0n) is 29.2. The number of methoxy groups -OCH3 is 1. The monoisotopic (exact) mass is 741 g/mol. The van der Waals surface area contributed by atoms with Crippen molar-refractivity contribution in [3.63, 3.8) is 0 Å². The van der Waals surface area contributed by atoms with E-state index in [1.165, 1.54) is 24.9 Å². The molecule has 6 N–H and O–H groups in total. The first-order valence-electron chi connectivity index (χ1n) is 16.7. The first-order chi connectivity index (χ1) is 24.9. The van der Waals surface area contributed by atoms with Gasteiger partial charge in [0.05, 0.1) is 33.3 Å². The van der Waals surface area contributed by atoms with Crippen LogP contribution < -0.4 is 20.6 Å². The van der Waals surface area contributed by atoms with Crippen molar-refractivity contribution in [2.24, 2.45) is 0 Å². The maximum absolute atomic E-state index is 14.9. The fourth-order valence-corrected chi connectivity index (χ4v) is 7.64. The van der Waals surface area contributed by atoms with Gasteiger partial charge in [0.15, 0.2) is 17.4 Å². The third-order valence-corrected chi connectivity index (χ3v) is 10.2. The third-order valence-electron chi connectivity index (χ3n) is 8.39. The number of anilines is 1. The maximum atomic E-state index is 14.9. The number of rotatable bonds is 17. The van der Waals surface area contributed by atoms with E-state index < -0.39 is 62.3 Å². The summed E-state index contributed by atoms with van der Waals surface area (Å²) in [5.74, 6) is -1.45. The van der Waals surface area contributed by atoms with Crippen molar-refractivity contribution in [1.82, 2.24) is 29.7 Å². The summed E-state index contributed by atoms with van der Waals surface area (Å²) >= 11 is 0. The highest BCUT2D eigenvalue weighted by Crippen LogP contribution is 2.44. The molecule has 5 rings (SSSR count). The molecule has 0 saturated carbocycles. The summed E-state index contributed by atoms with van der Waals surface area (Å²) in [6, 6.07) is 15.6. The van der Waals surface area contributed by atoms with Crippen molar-refractivity contribution in [3.8, 4) is 5.88 Å². The average Bonchev–Trinajstić information content (AvgIpc) is 3.64. The number of nitrogens with zero attached hydrogens (tertiary/aromatic N) is 4. The van der Waals surface area contributed by atoms with Gasteiger partial charge in [-0.1, -0.05) is 60.7 Å². The predicted octanol–water partition coefficient (Wildman–Crippen LogP) is 2.08. The van der Waals surface area contributed by atoms with Crippen molar-refractivity contribution in [3.05, 3.63) is 78.1 Å². The van der Waals surface area contributed by atoms with Crippen molar-refractivity contribution >= 4 is 36.7 Å². The molecule has 6 atom stereocenters. The molecule has 2 aromatic heterocycles. The Kier molecular flexibility index (Phi) is 12.6. The maximum Gasteiger partial charge on any atom is 0.342 e. The highest BCUT2D eigenvalue weighted by Gasteiger charge is 2.54. The molecule has 52 heavy (non-hydrogen) atoms. The molecule has 0 spiro atoms. The number of nitrogens with two attached hydrogens (primary N) is 1. The summed E-state index contributed by atoms with van der Waals surface area (Å²) in [6.45, 7) is 4.15. The van der Waals surface area contributed by atoms with Gasteiger partial charge in [-0.3, -0.25) is 18.7 Å². The lowest BCUT2D eigenvalue weighted by Crippen LogP contribution is -2.47. The smallest absolute Gasteiger partial charge is 0.342 e. The van der Waals surface area contributed by atoms with Gasteiger partial charge < -0.3 is 39.4 Å². The van der Waals surface area contributed by atoms with Crippen LogP contribution in [0, 0.1) is 0 Å². The van der Waals surface area contributed by atoms with E-state index in [0.717, 1.165) is 11.1 Å². The molecule has 0 amide bonds. The standard InChI is InChI=1S/C34H44N7O10P/c1-5-48-30(43)23(17-21-13-9-7-10-14-21)39-52(46,40-24(31(44)49-6-2)18-22-15-11-8-12-16-22)50-19-25-27(42)34(3,45)32(51-25)41-20-36-26-28(41)37-33(35)38-29(26)47-4/h7-16,20,23-25,27,32,42,45H,5-6,17-19H2,1-4H3,(H2,35,37,38)(H2,39,40,46)/t23?,24?,25-,27?,32-,34?,52?/m1/s1. The van der Waals surface area contributed by atoms with Crippen molar-refractivity contribution in [2.45, 2.75) is 69.7 Å². The van der Waals surface area contributed by atoms with E-state index in [4.69, 9.17) is 29.2 Å². The van der Waals surface area contributed by atoms with Crippen LogP contribution in [0.4, 0.5) is 5.95 Å². The number of benzene rings is 2. The second-order valence-electron chi connectivity index (χ2n) is 12.2. The van der Waals surface area contributed by atoms with Gasteiger partial charge in [0, 0.05) is 0 Å². The normalized spacial score (nSPS) is 22.4. The molecule has 1 aliphatic heterocycles. The number of hydrogen-bond donors (Lipinski definition) is 5. The van der Waals surface area contributed by atoms with Crippen molar-refractivity contribution < 1.29 is 47.8 Å². The number of imidazole rings is 1. The summed E-state index contributed by atoms with van der Waals surface area (Å²) in [5, 5.41) is 28.5. The molecule has 18 heteroatoms. The fourth-order valence-electron chi connectivity index (χ4n) is 5.85. The number of ether oxygens (including phenoxy) is 4. The second-order valence-corrected chi connectivity index (χ2v) is 14.1. The molecule has 17 nitrogen and oxygen atoms in total. The Balaban J connectivity index is 1.46. The highest BCUT2D eigenvalue weighted by molar-refractivity contribution is 7.54. The van der Waals surface area contributed by atoms with Crippen LogP contribution in [0.5, 0.6) is 5.88 Å². The number of carbonyl (C=O) groups excluding carboxylic acids is 2. The lowest BCUT2D eigenvalue weighted by Gasteiger charge is -2.30. The second kappa shape index (κ2) is 16.9. The molecule has 0 radical (unpaired) electrons. The Morgan fingerprint density at radius 1 is 0.981 bits per heavy atom. The number of carbonyl (C=O) groups is 2. The van der Waals surface area contributed by atoms with Gasteiger partial charge in [0.25, 0.3) is 0 Å². The zero-order valence-corrected chi connectivity index (χ0v) is 30.1. The van der Waals surface area contributed by atoms with Gasteiger partial charge in [0.1, 0.15) is 29.9 Å². The first-order valence-corrected chi connectivity index (χ1v) is 18.3. The number of nitrogens with one attached hydrogen (secondary N) is 2. The van der Waals surface area contributed by atoms with Gasteiger partial charge in [-0.25, -0.2) is 15.2 Å². The van der Waals surface area contributed by atoms with Crippen LogP contribution in [0.3, 0.4) is 0 Å². The summed E-state index contributed by atoms with van der Waals surface area (Å²) in [5.41, 5.74) is 5.77. The molecule has 3 heterocycles. The number of aliphatic hydroxyl groups is 2. The fraction of sp³-hybridized carbons (Fsp3) is 0.441. The van der Waals surface area contributed by atoms with Gasteiger partial charge >= 0.3 is 19.6 Å². The molecule has 4 unspecified atom stereocenters. The Labute approximate surface area is 300 Å². The molecule has 0 bridgehead atoms. The van der Waals surface area contributed by atoms with Crippen molar-refractivity contribution in [1.29, 1.82) is 0 Å². The van der Waals surface area contributed by atoms with E-state index in [9.17, 15) is 24.4 Å². The Morgan fingerprint density at radius 3 is 2.02 bits per heavy atom. The number of aliphatic hydroxyl groups excluding tert-OH is 1. The summed E-state index contributed by atoms with van der Waals surface area (Å²) in [6.07, 6.45) is -2.74. The van der Waals surface area contributed by atoms with E-state index in [0.29, 0.717) is 0 Å². The van der Waals surface area contributed by atoms with Crippen LogP contribution >= 0.6 is 7.67 Å². The molecule has 1 fully saturated rings. The number of aromatic nitrogens is 4. The molecule has 2 aromatic carbocycles. The molecule has 280 valence electrons. The molecule has 0 aliphatic carbocycles. The van der Waals surface area contributed by atoms with Crippen LogP contribution in [-0.2, 0) is 45.7 Å². The van der Waals surface area contributed by atoms with E-state index in [1.807, 2.05) is 12.1 Å². The third kappa shape index (κ3) is 8.93. The summed E-state index contributed by atoms with van der Waals surface area (Å²) < 4.78 is 44.3. The Morgan fingerprint density at radius 2 is 1.52 bits per heavy atom. The molecular weight excluding hydrogens is 697 g/mol. The van der Waals surface area contributed by atoms with E-state index in [-0.39, 0.29) is 49.0 Å². The minimum Gasteiger partial charge on any atom is -0.479 e. The van der Waals surface area contributed by atoms with Crippen LogP contribution in [-0.4, -0.2) is 98.5 Å². The SMILES string of the molecule is CCOC(=O)C(Cc1ccccc1)NP(=O)(NC(Cc1ccccc1)C(=O)OCC)OC[C@H]1O[C@@H](n2cnc3c(OC)nc(N)nc32)C(C)(O)C1O. The highest BCUT2D eigenvalue weighted by atomic mass is 31.2. The zero-order chi connectivity index (χ0) is 37.5. The molecular formula is C34H44N7O10P. The van der Waals surface area contributed by atoms with Gasteiger partial charge in [-0.15, -0.1) is 0 Å². The van der Waals surface area contributed by atoms with Crippen LogP contribution in [0.1, 0.15) is 38.1 Å². The van der Waals surface area contributed by atoms with Crippen LogP contribution in [0.15, 0.2) is 67.0 Å². The van der Waals surface area contributed by atoms with Gasteiger partial charge in [0.2, 0.25) is 11.8 Å². The molecule has 1 aliphatic rings. The first kappa shape index (κ1) is 38.7. The molecule has 4 aromatic rings. The topological polar surface area (TPSA) is 232 Å². The van der Waals surface area contributed by atoms with Crippen molar-refractivity contribution in [2.75, 3.05) is 32.7 Å². The lowest BCUT2D eigenvalue weighted by molar-refractivity contribution is -0.145. The minimum absolute atomic E-state index is 0.0494. The average molecular weight is 742 g/mol. The van der Waals surface area contributed by atoms with Crippen LogP contribution in [0.2, 0.25) is 0 Å². The summed E-state index contributed by atoms with van der Waals surface area (Å²) in [7, 11) is -3.08. The van der Waals surface area contributed by atoms with Crippen LogP contribution in [0.25, 0.3) is 11.2 Å². The predicted molar refractivity (Wildman–Crippen MR) is 188 cm³/mol. The number of nitrogen functional groups attached to an aromatic ring is 1. The Hall–Kier alpha value is -4.48. The number of hydrogen-bond acceptors (Lipinski definition) is 14. The van der Waals surface area contributed by atoms with Gasteiger partial charge in [-0.05, 0) is 44.7 Å². The van der Waals surface area contributed by atoms with Gasteiger partial charge in [-0.2, -0.15) is 9.97 Å². The van der Waals surface area contributed by atoms with E-state index in [2.05, 4.69) is 25.1 Å². The van der Waals surface area contributed by atoms with E-state index in [1.54, 1.807) is 62.4 Å². The van der Waals surface area contributed by atoms with E-state index >= 15 is 0 Å². The quantitative estimate of drug-likeness (QED) is 0.0770. The Bertz CT molecular complexity index is 1790.